The Morgan fingerprint density at radius 3 is 2.75 bits per heavy atom. The summed E-state index contributed by atoms with van der Waals surface area (Å²) in [6.45, 7) is 6.11. The summed E-state index contributed by atoms with van der Waals surface area (Å²) in [6.07, 6.45) is 0.962. The summed E-state index contributed by atoms with van der Waals surface area (Å²) < 4.78 is 2.06. The molecule has 0 aliphatic heterocycles. The summed E-state index contributed by atoms with van der Waals surface area (Å²) >= 11 is 7.83. The minimum atomic E-state index is 0.721. The fraction of sp³-hybridized carbons (Fsp3) is 0.267. The summed E-state index contributed by atoms with van der Waals surface area (Å²) in [5, 5.41) is 0.785. The molecule has 3 aromatic rings. The molecule has 104 valence electrons. The van der Waals surface area contributed by atoms with Gasteiger partial charge in [-0.25, -0.2) is 4.98 Å². The van der Waals surface area contributed by atoms with Gasteiger partial charge >= 0.3 is 0 Å². The Labute approximate surface area is 127 Å². The number of imidazole rings is 1. The van der Waals surface area contributed by atoms with Crippen molar-refractivity contribution in [3.63, 3.8) is 0 Å². The van der Waals surface area contributed by atoms with Gasteiger partial charge in [0.25, 0.3) is 0 Å². The number of anilines is 1. The van der Waals surface area contributed by atoms with E-state index in [1.54, 1.807) is 11.3 Å². The smallest absolute Gasteiger partial charge is 0.196 e. The number of thiazole rings is 1. The fourth-order valence-corrected chi connectivity index (χ4v) is 3.66. The van der Waals surface area contributed by atoms with Crippen molar-refractivity contribution in [3.05, 3.63) is 39.4 Å². The first-order chi connectivity index (χ1) is 9.52. The Morgan fingerprint density at radius 2 is 2.10 bits per heavy atom. The van der Waals surface area contributed by atoms with E-state index in [4.69, 9.17) is 17.3 Å². The van der Waals surface area contributed by atoms with Crippen LogP contribution in [-0.2, 0) is 6.42 Å². The van der Waals surface area contributed by atoms with Crippen LogP contribution in [0.25, 0.3) is 16.2 Å². The topological polar surface area (TPSA) is 43.3 Å². The van der Waals surface area contributed by atoms with E-state index in [9.17, 15) is 0 Å². The molecule has 0 saturated heterocycles. The Balaban J connectivity index is 2.35. The molecule has 3 rings (SSSR count). The van der Waals surface area contributed by atoms with Crippen molar-refractivity contribution in [1.82, 2.24) is 9.38 Å². The zero-order chi connectivity index (χ0) is 14.4. The van der Waals surface area contributed by atoms with E-state index in [2.05, 4.69) is 22.4 Å². The van der Waals surface area contributed by atoms with Crippen molar-refractivity contribution in [1.29, 1.82) is 0 Å². The number of nitrogens with two attached hydrogens (primary N) is 1. The van der Waals surface area contributed by atoms with Crippen LogP contribution in [0.2, 0.25) is 5.02 Å². The molecule has 5 heteroatoms. The van der Waals surface area contributed by atoms with E-state index in [1.807, 2.05) is 26.0 Å². The van der Waals surface area contributed by atoms with Crippen molar-refractivity contribution in [2.45, 2.75) is 27.2 Å². The van der Waals surface area contributed by atoms with Gasteiger partial charge in [-0.1, -0.05) is 24.6 Å². The molecule has 0 bridgehead atoms. The lowest BCUT2D eigenvalue weighted by atomic mass is 10.1. The number of aromatic nitrogens is 2. The Kier molecular flexibility index (Phi) is 3.22. The van der Waals surface area contributed by atoms with Gasteiger partial charge in [0.05, 0.1) is 11.4 Å². The molecule has 0 atom stereocenters. The number of nitrogen functional groups attached to an aromatic ring is 1. The van der Waals surface area contributed by atoms with Crippen LogP contribution in [0.4, 0.5) is 5.82 Å². The first-order valence-electron chi connectivity index (χ1n) is 6.55. The highest BCUT2D eigenvalue weighted by molar-refractivity contribution is 7.17. The summed E-state index contributed by atoms with van der Waals surface area (Å²) in [4.78, 5) is 6.79. The van der Waals surface area contributed by atoms with Crippen LogP contribution in [0.15, 0.2) is 18.2 Å². The molecule has 20 heavy (non-hydrogen) atoms. The van der Waals surface area contributed by atoms with Crippen LogP contribution in [-0.4, -0.2) is 9.38 Å². The maximum Gasteiger partial charge on any atom is 0.196 e. The molecule has 1 aromatic carbocycles. The normalized spacial score (nSPS) is 11.4. The van der Waals surface area contributed by atoms with E-state index in [-0.39, 0.29) is 0 Å². The molecule has 2 aromatic heterocycles. The zero-order valence-electron chi connectivity index (χ0n) is 11.7. The number of hydrogen-bond donors (Lipinski definition) is 1. The second-order valence-corrected chi connectivity index (χ2v) is 6.36. The first-order valence-corrected chi connectivity index (χ1v) is 7.75. The number of fused-ring (bicyclic) bond motifs is 1. The van der Waals surface area contributed by atoms with Crippen LogP contribution in [0.3, 0.4) is 0 Å². The van der Waals surface area contributed by atoms with E-state index in [0.29, 0.717) is 0 Å². The van der Waals surface area contributed by atoms with E-state index < -0.39 is 0 Å². The van der Waals surface area contributed by atoms with E-state index in [1.165, 1.54) is 4.88 Å². The van der Waals surface area contributed by atoms with Crippen molar-refractivity contribution >= 4 is 33.7 Å². The van der Waals surface area contributed by atoms with Gasteiger partial charge in [0.15, 0.2) is 4.96 Å². The van der Waals surface area contributed by atoms with Gasteiger partial charge in [-0.05, 0) is 38.0 Å². The number of benzene rings is 1. The van der Waals surface area contributed by atoms with Crippen molar-refractivity contribution < 1.29 is 0 Å². The van der Waals surface area contributed by atoms with Gasteiger partial charge in [-0.15, -0.1) is 11.3 Å². The lowest BCUT2D eigenvalue weighted by molar-refractivity contribution is 1.14. The van der Waals surface area contributed by atoms with E-state index in [0.717, 1.165) is 44.7 Å². The monoisotopic (exact) mass is 305 g/mol. The predicted octanol–water partition coefficient (Wildman–Crippen LogP) is 4.48. The zero-order valence-corrected chi connectivity index (χ0v) is 13.3. The van der Waals surface area contributed by atoms with Gasteiger partial charge in [0.1, 0.15) is 5.82 Å². The molecule has 0 fully saturated rings. The minimum absolute atomic E-state index is 0.721. The molecular weight excluding hydrogens is 290 g/mol. The van der Waals surface area contributed by atoms with Crippen molar-refractivity contribution in [2.75, 3.05) is 5.73 Å². The number of nitrogens with zero attached hydrogens (tertiary/aromatic N) is 2. The minimum Gasteiger partial charge on any atom is -0.383 e. The third kappa shape index (κ3) is 1.91. The SMILES string of the molecule is CCc1sc2nc(C)c(N)n2c1-c1ccc(Cl)c(C)c1. The third-order valence-corrected chi connectivity index (χ3v) is 5.13. The molecule has 3 nitrogen and oxygen atoms in total. The molecule has 0 aliphatic carbocycles. The van der Waals surface area contributed by atoms with Gasteiger partial charge in [-0.2, -0.15) is 0 Å². The molecule has 2 N–H and O–H groups in total. The maximum atomic E-state index is 6.19. The highest BCUT2D eigenvalue weighted by Gasteiger charge is 2.18. The van der Waals surface area contributed by atoms with Gasteiger partial charge in [-0.3, -0.25) is 4.40 Å². The highest BCUT2D eigenvalue weighted by atomic mass is 35.5. The molecule has 0 saturated carbocycles. The Bertz CT molecular complexity index is 801. The molecule has 0 unspecified atom stereocenters. The largest absolute Gasteiger partial charge is 0.383 e. The number of hydrogen-bond acceptors (Lipinski definition) is 3. The molecule has 0 amide bonds. The van der Waals surface area contributed by atoms with Crippen molar-refractivity contribution in [2.24, 2.45) is 0 Å². The standard InChI is InChI=1S/C15H16ClN3S/c1-4-12-13(10-5-6-11(16)8(2)7-10)19-14(17)9(3)18-15(19)20-12/h5-7H,4,17H2,1-3H3. The molecule has 0 aliphatic rings. The lowest BCUT2D eigenvalue weighted by Gasteiger charge is -2.07. The lowest BCUT2D eigenvalue weighted by Crippen LogP contribution is -1.97. The summed E-state index contributed by atoms with van der Waals surface area (Å²) in [7, 11) is 0. The first kappa shape index (κ1) is 13.5. The average Bonchev–Trinajstić information content (AvgIpc) is 2.91. The maximum absolute atomic E-state index is 6.19. The second-order valence-electron chi connectivity index (χ2n) is 4.89. The predicted molar refractivity (Wildman–Crippen MR) is 86.8 cm³/mol. The van der Waals surface area contributed by atoms with Crippen LogP contribution in [0.5, 0.6) is 0 Å². The third-order valence-electron chi connectivity index (χ3n) is 3.52. The number of halogens is 1. The molecule has 2 heterocycles. The molecular formula is C15H16ClN3S. The quantitative estimate of drug-likeness (QED) is 0.758. The molecule has 0 radical (unpaired) electrons. The van der Waals surface area contributed by atoms with Crippen molar-refractivity contribution in [3.8, 4) is 11.3 Å². The highest BCUT2D eigenvalue weighted by Crippen LogP contribution is 2.36. The van der Waals surface area contributed by atoms with Gasteiger partial charge in [0, 0.05) is 15.5 Å². The van der Waals surface area contributed by atoms with Crippen LogP contribution in [0.1, 0.15) is 23.1 Å². The van der Waals surface area contributed by atoms with Crippen LogP contribution >= 0.6 is 22.9 Å². The summed E-state index contributed by atoms with van der Waals surface area (Å²) in [5.74, 6) is 0.721. The average molecular weight is 306 g/mol. The van der Waals surface area contributed by atoms with Gasteiger partial charge < -0.3 is 5.73 Å². The Hall–Kier alpha value is -1.52. The van der Waals surface area contributed by atoms with Gasteiger partial charge in [0.2, 0.25) is 0 Å². The second kappa shape index (κ2) is 4.79. The molecule has 0 spiro atoms. The number of rotatable bonds is 2. The van der Waals surface area contributed by atoms with Crippen LogP contribution in [0, 0.1) is 13.8 Å². The number of aryl methyl sites for hydroxylation is 3. The summed E-state index contributed by atoms with van der Waals surface area (Å²) in [5.41, 5.74) is 10.4. The Morgan fingerprint density at radius 1 is 1.35 bits per heavy atom. The summed E-state index contributed by atoms with van der Waals surface area (Å²) in [6, 6.07) is 6.09. The van der Waals surface area contributed by atoms with E-state index >= 15 is 0 Å². The fourth-order valence-electron chi connectivity index (χ4n) is 2.41. The van der Waals surface area contributed by atoms with Crippen LogP contribution < -0.4 is 5.73 Å².